The molecule has 4 fully saturated rings. The number of hydrogen-bond acceptors (Lipinski definition) is 8. The fourth-order valence-electron chi connectivity index (χ4n) is 10.7. The second kappa shape index (κ2) is 18.2. The van der Waals surface area contributed by atoms with Crippen LogP contribution in [0.3, 0.4) is 0 Å². The zero-order chi connectivity index (χ0) is 42.9. The van der Waals surface area contributed by atoms with Crippen LogP contribution in [0.5, 0.6) is 0 Å². The number of fused-ring (bicyclic) bond motifs is 1. The van der Waals surface area contributed by atoms with E-state index >= 15 is 0 Å². The number of aromatic nitrogens is 2. The van der Waals surface area contributed by atoms with Gasteiger partial charge in [-0.1, -0.05) is 61.5 Å². The Hall–Kier alpha value is -5.33. The molecule has 0 radical (unpaired) electrons. The van der Waals surface area contributed by atoms with Crippen LogP contribution >= 0.6 is 0 Å². The van der Waals surface area contributed by atoms with Gasteiger partial charge in [0, 0.05) is 62.1 Å². The van der Waals surface area contributed by atoms with Crippen LogP contribution in [0.2, 0.25) is 0 Å². The number of rotatable bonds is 10. The third-order valence-corrected chi connectivity index (χ3v) is 14.4. The van der Waals surface area contributed by atoms with Crippen LogP contribution in [0, 0.1) is 17.8 Å². The number of methoxy groups -OCH3 is 1. The number of amides is 3. The predicted octanol–water partition coefficient (Wildman–Crippen LogP) is 8.73. The van der Waals surface area contributed by atoms with Gasteiger partial charge in [-0.3, -0.25) is 14.6 Å². The number of aliphatic imine (C=N–C) groups is 1. The van der Waals surface area contributed by atoms with Crippen molar-refractivity contribution in [2.75, 3.05) is 33.5 Å². The van der Waals surface area contributed by atoms with E-state index in [1.54, 1.807) is 0 Å². The molecule has 0 spiro atoms. The normalized spacial score (nSPS) is 24.5. The first-order valence-electron chi connectivity index (χ1n) is 22.8. The number of H-pyrrole nitrogens is 1. The number of aromatic amines is 1. The first kappa shape index (κ1) is 42.0. The number of carbonyl (C=O) groups excluding carboxylic acids is 3. The molecule has 4 saturated heterocycles. The summed E-state index contributed by atoms with van der Waals surface area (Å²) in [6.45, 7) is 9.00. The van der Waals surface area contributed by atoms with E-state index in [0.29, 0.717) is 32.0 Å². The van der Waals surface area contributed by atoms with Gasteiger partial charge in [0.25, 0.3) is 0 Å². The molecule has 6 atom stereocenters. The summed E-state index contributed by atoms with van der Waals surface area (Å²) in [5, 5.41) is 5.10. The van der Waals surface area contributed by atoms with E-state index in [9.17, 15) is 14.4 Å². The van der Waals surface area contributed by atoms with Crippen LogP contribution in [0.25, 0.3) is 38.9 Å². The Kier molecular flexibility index (Phi) is 12.3. The highest BCUT2D eigenvalue weighted by Crippen LogP contribution is 2.39. The molecule has 6 heterocycles. The standard InChI is InChI=1S/C50H60N6O6/c1-30-5-17-44(55(30)48(57)32(3)33-19-23-61-24-20-33)42-16-15-41(52-42)35-9-7-34(8-10-35)37-11-12-39-28-40(14-13-38(39)27-37)43-29-51-47(53-43)45-18-6-31(2)56(45)49(58)46(54-50(59)60-4)36-21-25-62-26-22-36/h7-15,27-33,36,44-46H,5-6,16-26H2,1-4H3,(H,51,53)(H,54,59)/t30-,31-,32+,44?,45+,46+/m1/s1. The molecule has 1 unspecified atom stereocenters. The average molecular weight is 841 g/mol. The maximum absolute atomic E-state index is 14.2. The van der Waals surface area contributed by atoms with Crippen molar-refractivity contribution in [3.8, 4) is 22.4 Å². The summed E-state index contributed by atoms with van der Waals surface area (Å²) in [6, 6.07) is 21.0. The molecule has 5 aliphatic heterocycles. The van der Waals surface area contributed by atoms with Crippen LogP contribution < -0.4 is 5.32 Å². The Bertz CT molecular complexity index is 2340. The number of nitrogens with zero attached hydrogens (tertiary/aromatic N) is 4. The number of benzene rings is 3. The third-order valence-electron chi connectivity index (χ3n) is 14.4. The Morgan fingerprint density at radius 3 is 1.98 bits per heavy atom. The molecule has 12 heteroatoms. The first-order valence-corrected chi connectivity index (χ1v) is 22.8. The number of hydrogen-bond donors (Lipinski definition) is 2. The Morgan fingerprint density at radius 1 is 0.726 bits per heavy atom. The van der Waals surface area contributed by atoms with E-state index in [1.807, 2.05) is 11.1 Å². The second-order valence-corrected chi connectivity index (χ2v) is 18.1. The minimum absolute atomic E-state index is 0.00143. The van der Waals surface area contributed by atoms with Gasteiger partial charge in [-0.15, -0.1) is 0 Å². The molecule has 3 amide bonds. The molecule has 12 nitrogen and oxygen atoms in total. The number of imidazole rings is 1. The molecule has 4 aromatic rings. The summed E-state index contributed by atoms with van der Waals surface area (Å²) < 4.78 is 16.0. The Morgan fingerprint density at radius 2 is 1.31 bits per heavy atom. The summed E-state index contributed by atoms with van der Waals surface area (Å²) in [6.07, 6.45) is 11.2. The maximum Gasteiger partial charge on any atom is 0.407 e. The Labute approximate surface area is 364 Å². The van der Waals surface area contributed by atoms with E-state index in [0.717, 1.165) is 114 Å². The molecule has 3 aromatic carbocycles. The summed E-state index contributed by atoms with van der Waals surface area (Å²) in [7, 11) is 1.32. The molecule has 62 heavy (non-hydrogen) atoms. The van der Waals surface area contributed by atoms with Crippen LogP contribution in [0.4, 0.5) is 4.79 Å². The number of carbonyl (C=O) groups is 3. The van der Waals surface area contributed by atoms with Gasteiger partial charge in [-0.2, -0.15) is 0 Å². The first-order chi connectivity index (χ1) is 30.2. The summed E-state index contributed by atoms with van der Waals surface area (Å²) in [4.78, 5) is 58.0. The fourth-order valence-corrected chi connectivity index (χ4v) is 10.7. The minimum Gasteiger partial charge on any atom is -0.453 e. The van der Waals surface area contributed by atoms with Crippen molar-refractivity contribution in [3.05, 3.63) is 84.3 Å². The van der Waals surface area contributed by atoms with Crippen molar-refractivity contribution in [2.24, 2.45) is 22.7 Å². The van der Waals surface area contributed by atoms with E-state index in [1.165, 1.54) is 7.11 Å². The van der Waals surface area contributed by atoms with E-state index < -0.39 is 12.1 Å². The van der Waals surface area contributed by atoms with Crippen LogP contribution in [-0.4, -0.2) is 101 Å². The summed E-state index contributed by atoms with van der Waals surface area (Å²) in [5.74, 6) is 1.29. The van der Waals surface area contributed by atoms with Crippen LogP contribution in [0.15, 0.2) is 77.9 Å². The predicted molar refractivity (Wildman–Crippen MR) is 240 cm³/mol. The molecule has 0 bridgehead atoms. The minimum atomic E-state index is -0.688. The van der Waals surface area contributed by atoms with Crippen molar-refractivity contribution >= 4 is 40.1 Å². The van der Waals surface area contributed by atoms with Crippen molar-refractivity contribution in [3.63, 3.8) is 0 Å². The molecule has 5 aliphatic rings. The van der Waals surface area contributed by atoms with Gasteiger partial charge in [0.15, 0.2) is 0 Å². The topological polar surface area (TPSA) is 138 Å². The lowest BCUT2D eigenvalue weighted by molar-refractivity contribution is -0.140. The summed E-state index contributed by atoms with van der Waals surface area (Å²) in [5.41, 5.74) is 7.36. The van der Waals surface area contributed by atoms with Gasteiger partial charge in [0.1, 0.15) is 11.9 Å². The Balaban J connectivity index is 0.867. The number of alkyl carbamates (subject to hydrolysis) is 1. The van der Waals surface area contributed by atoms with Crippen molar-refractivity contribution in [1.82, 2.24) is 25.1 Å². The molecular weight excluding hydrogens is 781 g/mol. The lowest BCUT2D eigenvalue weighted by atomic mass is 9.86. The van der Waals surface area contributed by atoms with Gasteiger partial charge in [-0.25, -0.2) is 9.78 Å². The third kappa shape index (κ3) is 8.43. The SMILES string of the molecule is COC(=O)N[C@H](C(=O)N1[C@H](C)CC[C@H]1c1ncc(-c2ccc3cc(-c4ccc(C5=CCC(C6CC[C@@H](C)N6C(=O)[C@@H](C)C6CCOCC6)=N5)cc4)ccc3c2)[nH]1)C1CCOCC1. The molecule has 0 aliphatic carbocycles. The zero-order valence-corrected chi connectivity index (χ0v) is 36.5. The van der Waals surface area contributed by atoms with Crippen LogP contribution in [0.1, 0.15) is 96.0 Å². The fraction of sp³-hybridized carbons (Fsp3) is 0.500. The molecule has 9 rings (SSSR count). The lowest BCUT2D eigenvalue weighted by Gasteiger charge is -2.36. The van der Waals surface area contributed by atoms with Gasteiger partial charge >= 0.3 is 6.09 Å². The smallest absolute Gasteiger partial charge is 0.407 e. The number of ether oxygens (including phenoxy) is 3. The van der Waals surface area contributed by atoms with Crippen molar-refractivity contribution in [2.45, 2.75) is 109 Å². The van der Waals surface area contributed by atoms with Gasteiger partial charge < -0.3 is 34.3 Å². The number of nitrogens with one attached hydrogen (secondary N) is 2. The highest BCUT2D eigenvalue weighted by atomic mass is 16.5. The van der Waals surface area contributed by atoms with Crippen molar-refractivity contribution in [1.29, 1.82) is 0 Å². The number of likely N-dealkylation sites (tertiary alicyclic amines) is 2. The number of allylic oxidation sites excluding steroid dienone is 1. The molecule has 326 valence electrons. The van der Waals surface area contributed by atoms with Gasteiger partial charge in [0.2, 0.25) is 11.8 Å². The monoisotopic (exact) mass is 840 g/mol. The average Bonchev–Trinajstić information content (AvgIpc) is 4.15. The van der Waals surface area contributed by atoms with Gasteiger partial charge in [0.05, 0.1) is 36.8 Å². The van der Waals surface area contributed by atoms with Crippen LogP contribution in [-0.2, 0) is 23.8 Å². The van der Waals surface area contributed by atoms with E-state index in [4.69, 9.17) is 24.2 Å². The molecule has 0 saturated carbocycles. The molecular formula is C50H60N6O6. The highest BCUT2D eigenvalue weighted by Gasteiger charge is 2.44. The highest BCUT2D eigenvalue weighted by molar-refractivity contribution is 6.01. The maximum atomic E-state index is 14.2. The summed E-state index contributed by atoms with van der Waals surface area (Å²) >= 11 is 0. The second-order valence-electron chi connectivity index (χ2n) is 18.1. The zero-order valence-electron chi connectivity index (χ0n) is 36.5. The molecule has 2 N–H and O–H groups in total. The lowest BCUT2D eigenvalue weighted by Crippen LogP contribution is -2.54. The quantitative estimate of drug-likeness (QED) is 0.163. The largest absolute Gasteiger partial charge is 0.453 e. The van der Waals surface area contributed by atoms with E-state index in [-0.39, 0.29) is 47.8 Å². The van der Waals surface area contributed by atoms with E-state index in [2.05, 4.69) is 103 Å². The molecule has 1 aromatic heterocycles. The van der Waals surface area contributed by atoms with Crippen molar-refractivity contribution < 1.29 is 28.6 Å². The van der Waals surface area contributed by atoms with Gasteiger partial charge in [-0.05, 0) is 117 Å².